The Morgan fingerprint density at radius 1 is 1.16 bits per heavy atom. The molecule has 2 bridgehead atoms. The first-order valence-electron chi connectivity index (χ1n) is 7.43. The second-order valence-electron chi connectivity index (χ2n) is 5.37. The molecule has 1 unspecified atom stereocenters. The lowest BCUT2D eigenvalue weighted by atomic mass is 10.1. The molecule has 1 aliphatic rings. The second kappa shape index (κ2) is 8.21. The third kappa shape index (κ3) is 5.39. The zero-order valence-electron chi connectivity index (χ0n) is 12.2. The zero-order valence-corrected chi connectivity index (χ0v) is 13.8. The van der Waals surface area contributed by atoms with Crippen LogP contribution in [-0.2, 0) is 11.5 Å². The number of aryl methyl sites for hydroxylation is 1. The number of thioether (sulfide) groups is 2. The predicted octanol–water partition coefficient (Wildman–Crippen LogP) is 5.21. The third-order valence-electron chi connectivity index (χ3n) is 3.56. The molecule has 0 spiro atoms. The van der Waals surface area contributed by atoms with Crippen molar-refractivity contribution in [3.63, 3.8) is 0 Å². The van der Waals surface area contributed by atoms with E-state index in [0.29, 0.717) is 0 Å². The molecule has 0 radical (unpaired) electrons. The van der Waals surface area contributed by atoms with E-state index in [4.69, 9.17) is 4.98 Å². The number of pyridine rings is 1. The minimum atomic E-state index is 0.819. The van der Waals surface area contributed by atoms with E-state index in [-0.39, 0.29) is 0 Å². The molecule has 1 aliphatic heterocycles. The van der Waals surface area contributed by atoms with Crippen LogP contribution in [0.1, 0.15) is 56.0 Å². The van der Waals surface area contributed by atoms with Crippen LogP contribution in [-0.4, -0.2) is 16.0 Å². The Morgan fingerprint density at radius 2 is 1.95 bits per heavy atom. The molecule has 1 aromatic rings. The van der Waals surface area contributed by atoms with Crippen molar-refractivity contribution in [3.8, 4) is 0 Å². The quantitative estimate of drug-likeness (QED) is 0.706. The van der Waals surface area contributed by atoms with Crippen LogP contribution in [0.15, 0.2) is 12.1 Å². The van der Waals surface area contributed by atoms with Gasteiger partial charge in [-0.2, -0.15) is 23.5 Å². The van der Waals surface area contributed by atoms with Crippen LogP contribution in [0.4, 0.5) is 0 Å². The van der Waals surface area contributed by atoms with Gasteiger partial charge in [-0.1, -0.05) is 19.8 Å². The van der Waals surface area contributed by atoms with Crippen molar-refractivity contribution in [1.29, 1.82) is 0 Å². The fourth-order valence-electron chi connectivity index (χ4n) is 2.50. The summed E-state index contributed by atoms with van der Waals surface area (Å²) in [6.07, 6.45) is 6.83. The SMILES string of the molecule is CCC1CCCCCSCc2cc(C)cc(n2)CS1. The van der Waals surface area contributed by atoms with Crippen LogP contribution in [0, 0.1) is 6.92 Å². The summed E-state index contributed by atoms with van der Waals surface area (Å²) >= 11 is 4.15. The van der Waals surface area contributed by atoms with Crippen molar-refractivity contribution < 1.29 is 0 Å². The molecule has 0 amide bonds. The number of fused-ring (bicyclic) bond motifs is 2. The zero-order chi connectivity index (χ0) is 13.5. The molecular formula is C16H25NS2. The lowest BCUT2D eigenvalue weighted by Crippen LogP contribution is -2.02. The Labute approximate surface area is 126 Å². The number of hydrogen-bond donors (Lipinski definition) is 0. The maximum absolute atomic E-state index is 4.82. The molecule has 0 saturated heterocycles. The van der Waals surface area contributed by atoms with E-state index in [1.165, 1.54) is 54.8 Å². The first kappa shape index (κ1) is 15.2. The molecule has 1 atom stereocenters. The molecule has 1 nitrogen and oxygen atoms in total. The maximum Gasteiger partial charge on any atom is 0.0509 e. The molecule has 3 heteroatoms. The van der Waals surface area contributed by atoms with Gasteiger partial charge < -0.3 is 0 Å². The lowest BCUT2D eigenvalue weighted by Gasteiger charge is -2.14. The van der Waals surface area contributed by atoms with Crippen LogP contribution in [0.3, 0.4) is 0 Å². The molecule has 0 aromatic carbocycles. The molecule has 2 rings (SSSR count). The van der Waals surface area contributed by atoms with Gasteiger partial charge in [0.15, 0.2) is 0 Å². The molecular weight excluding hydrogens is 270 g/mol. The van der Waals surface area contributed by atoms with E-state index in [1.54, 1.807) is 0 Å². The first-order chi connectivity index (χ1) is 9.28. The van der Waals surface area contributed by atoms with E-state index >= 15 is 0 Å². The highest BCUT2D eigenvalue weighted by Crippen LogP contribution is 2.26. The highest BCUT2D eigenvalue weighted by molar-refractivity contribution is 7.99. The normalized spacial score (nSPS) is 22.1. The molecule has 0 N–H and O–H groups in total. The predicted molar refractivity (Wildman–Crippen MR) is 89.0 cm³/mol. The van der Waals surface area contributed by atoms with Gasteiger partial charge in [-0.3, -0.25) is 4.98 Å². The van der Waals surface area contributed by atoms with Crippen LogP contribution in [0.2, 0.25) is 0 Å². The first-order valence-corrected chi connectivity index (χ1v) is 9.64. The second-order valence-corrected chi connectivity index (χ2v) is 7.76. The third-order valence-corrected chi connectivity index (χ3v) is 6.14. The lowest BCUT2D eigenvalue weighted by molar-refractivity contribution is 0.638. The molecule has 0 fully saturated rings. The fraction of sp³-hybridized carbons (Fsp3) is 0.688. The average Bonchev–Trinajstić information content (AvgIpc) is 2.41. The van der Waals surface area contributed by atoms with E-state index in [9.17, 15) is 0 Å². The number of nitrogens with zero attached hydrogens (tertiary/aromatic N) is 1. The maximum atomic E-state index is 4.82. The van der Waals surface area contributed by atoms with Crippen molar-refractivity contribution >= 4 is 23.5 Å². The molecule has 19 heavy (non-hydrogen) atoms. The summed E-state index contributed by atoms with van der Waals surface area (Å²) in [7, 11) is 0. The van der Waals surface area contributed by atoms with Gasteiger partial charge in [0, 0.05) is 16.8 Å². The minimum absolute atomic E-state index is 0.819. The average molecular weight is 296 g/mol. The van der Waals surface area contributed by atoms with Gasteiger partial charge >= 0.3 is 0 Å². The Balaban J connectivity index is 2.07. The van der Waals surface area contributed by atoms with Crippen molar-refractivity contribution in [2.75, 3.05) is 5.75 Å². The standard InChI is InChI=1S/C16H25NS2/c1-3-16-7-5-4-6-8-18-11-14-9-13(2)10-15(17-14)12-19-16/h9-10,16H,3-8,11-12H2,1-2H3. The van der Waals surface area contributed by atoms with Gasteiger partial charge in [0.1, 0.15) is 0 Å². The Hall–Kier alpha value is -0.150. The van der Waals surface area contributed by atoms with E-state index < -0.39 is 0 Å². The largest absolute Gasteiger partial charge is 0.256 e. The summed E-state index contributed by atoms with van der Waals surface area (Å²) in [4.78, 5) is 4.82. The van der Waals surface area contributed by atoms with Gasteiger partial charge in [-0.15, -0.1) is 0 Å². The van der Waals surface area contributed by atoms with Gasteiger partial charge in [0.25, 0.3) is 0 Å². The summed E-state index contributed by atoms with van der Waals surface area (Å²) in [6, 6.07) is 4.51. The molecule has 2 heterocycles. The highest BCUT2D eigenvalue weighted by Gasteiger charge is 2.09. The summed E-state index contributed by atoms with van der Waals surface area (Å²) in [6.45, 7) is 4.51. The van der Waals surface area contributed by atoms with E-state index in [2.05, 4.69) is 37.7 Å². The Bertz CT molecular complexity index is 392. The number of aromatic nitrogens is 1. The van der Waals surface area contributed by atoms with Crippen LogP contribution < -0.4 is 0 Å². The number of rotatable bonds is 1. The van der Waals surface area contributed by atoms with Crippen LogP contribution in [0.5, 0.6) is 0 Å². The Morgan fingerprint density at radius 3 is 2.74 bits per heavy atom. The highest BCUT2D eigenvalue weighted by atomic mass is 32.2. The van der Waals surface area contributed by atoms with Gasteiger partial charge in [0.05, 0.1) is 11.4 Å². The molecule has 0 aliphatic carbocycles. The topological polar surface area (TPSA) is 12.9 Å². The van der Waals surface area contributed by atoms with Crippen LogP contribution in [0.25, 0.3) is 0 Å². The molecule has 106 valence electrons. The van der Waals surface area contributed by atoms with Gasteiger partial charge in [0.2, 0.25) is 0 Å². The summed E-state index contributed by atoms with van der Waals surface area (Å²) < 4.78 is 0. The monoisotopic (exact) mass is 295 g/mol. The van der Waals surface area contributed by atoms with Crippen molar-refractivity contribution in [1.82, 2.24) is 4.98 Å². The molecule has 0 saturated carbocycles. The van der Waals surface area contributed by atoms with E-state index in [0.717, 1.165) is 16.8 Å². The molecule has 1 aromatic heterocycles. The smallest absolute Gasteiger partial charge is 0.0509 e. The summed E-state index contributed by atoms with van der Waals surface area (Å²) in [5.41, 5.74) is 3.91. The van der Waals surface area contributed by atoms with Crippen LogP contribution >= 0.6 is 23.5 Å². The van der Waals surface area contributed by atoms with E-state index in [1.807, 2.05) is 11.8 Å². The number of hydrogen-bond acceptors (Lipinski definition) is 3. The van der Waals surface area contributed by atoms with Crippen molar-refractivity contribution in [3.05, 3.63) is 29.1 Å². The Kier molecular flexibility index (Phi) is 6.58. The minimum Gasteiger partial charge on any atom is -0.256 e. The summed E-state index contributed by atoms with van der Waals surface area (Å²) in [5, 5.41) is 0.819. The van der Waals surface area contributed by atoms with Crippen molar-refractivity contribution in [2.24, 2.45) is 0 Å². The van der Waals surface area contributed by atoms with Gasteiger partial charge in [-0.05, 0) is 49.6 Å². The fourth-order valence-corrected chi connectivity index (χ4v) is 4.54. The van der Waals surface area contributed by atoms with Crippen molar-refractivity contribution in [2.45, 2.75) is 62.7 Å². The summed E-state index contributed by atoms with van der Waals surface area (Å²) in [5.74, 6) is 3.45. The van der Waals surface area contributed by atoms with Gasteiger partial charge in [-0.25, -0.2) is 0 Å².